The van der Waals surface area contributed by atoms with Gasteiger partial charge in [0.2, 0.25) is 5.75 Å². The molecule has 0 saturated heterocycles. The second-order valence-corrected chi connectivity index (χ2v) is 3.84. The molecule has 0 bridgehead atoms. The summed E-state index contributed by atoms with van der Waals surface area (Å²) in [5.41, 5.74) is 0.630. The zero-order chi connectivity index (χ0) is 15.0. The maximum absolute atomic E-state index is 9.81. The first-order valence-electron chi connectivity index (χ1n) is 5.90. The van der Waals surface area contributed by atoms with Crippen LogP contribution >= 0.6 is 0 Å². The molecule has 0 aromatic heterocycles. The van der Waals surface area contributed by atoms with Crippen LogP contribution in [0.5, 0.6) is 23.0 Å². The Kier molecular flexibility index (Phi) is 7.41. The highest BCUT2D eigenvalue weighted by Gasteiger charge is 2.16. The van der Waals surface area contributed by atoms with Gasteiger partial charge in [-0.2, -0.15) is 0 Å². The Balaban J connectivity index is 0.000000555. The van der Waals surface area contributed by atoms with Gasteiger partial charge >= 0.3 is 0 Å². The summed E-state index contributed by atoms with van der Waals surface area (Å²) < 4.78 is 15.1. The molecule has 0 fully saturated rings. The normalized spacial score (nSPS) is 9.16. The van der Waals surface area contributed by atoms with Gasteiger partial charge in [0.05, 0.1) is 21.3 Å². The molecule has 0 radical (unpaired) electrons. The molecule has 1 rings (SSSR count). The predicted molar refractivity (Wildman–Crippen MR) is 73.5 cm³/mol. The molecule has 5 nitrogen and oxygen atoms in total. The van der Waals surface area contributed by atoms with E-state index in [0.717, 1.165) is 0 Å². The highest BCUT2D eigenvalue weighted by molar-refractivity contribution is 5.74. The fraction of sp³-hybridized carbons (Fsp3) is 0.500. The number of rotatable bonds is 4. The zero-order valence-corrected chi connectivity index (χ0v) is 12.4. The number of benzene rings is 1. The summed E-state index contributed by atoms with van der Waals surface area (Å²) in [6.07, 6.45) is 0.667. The van der Waals surface area contributed by atoms with E-state index in [-0.39, 0.29) is 11.5 Å². The maximum atomic E-state index is 9.81. The van der Waals surface area contributed by atoms with Crippen LogP contribution in [-0.4, -0.2) is 32.2 Å². The highest BCUT2D eigenvalue weighted by Crippen LogP contribution is 2.43. The Morgan fingerprint density at radius 3 is 1.95 bits per heavy atom. The number of phenolic OH excluding ortho intramolecular Hbond substituents is 1. The first-order chi connectivity index (χ1) is 8.92. The quantitative estimate of drug-likeness (QED) is 0.911. The highest BCUT2D eigenvalue weighted by atomic mass is 16.5. The molecular weight excluding hydrogens is 248 g/mol. The molecule has 1 aromatic rings. The van der Waals surface area contributed by atoms with Crippen molar-refractivity contribution in [3.63, 3.8) is 0 Å². The fourth-order valence-corrected chi connectivity index (χ4v) is 1.26. The van der Waals surface area contributed by atoms with Crippen LogP contribution in [0.3, 0.4) is 0 Å². The molecule has 0 unspecified atom stereocenters. The number of hydrogen-bond donors (Lipinski definition) is 1. The lowest BCUT2D eigenvalue weighted by molar-refractivity contribution is -0.116. The first kappa shape index (κ1) is 17.1. The maximum Gasteiger partial charge on any atom is 0.203 e. The molecule has 1 aromatic carbocycles. The summed E-state index contributed by atoms with van der Waals surface area (Å²) in [6, 6.07) is 1.67. The number of aromatic hydroxyl groups is 1. The molecule has 5 heteroatoms. The van der Waals surface area contributed by atoms with Crippen molar-refractivity contribution >= 4 is 5.78 Å². The standard InChI is InChI=1S/C10H14O4.C4H8O/c1-6-7(12-2)5-8(13-3)10(14-4)9(6)11;1-3-4(2)5/h5,11H,1-4H3;3H2,1-2H3. The van der Waals surface area contributed by atoms with Gasteiger partial charge in [-0.05, 0) is 13.8 Å². The largest absolute Gasteiger partial charge is 0.504 e. The monoisotopic (exact) mass is 270 g/mol. The van der Waals surface area contributed by atoms with Crippen LogP contribution in [0.1, 0.15) is 25.8 Å². The lowest BCUT2D eigenvalue weighted by Gasteiger charge is -2.13. The predicted octanol–water partition coefficient (Wildman–Crippen LogP) is 2.71. The van der Waals surface area contributed by atoms with Crippen molar-refractivity contribution in [2.45, 2.75) is 27.2 Å². The van der Waals surface area contributed by atoms with Crippen LogP contribution in [0.4, 0.5) is 0 Å². The number of Topliss-reactive ketones (excluding diaryl/α,β-unsaturated/α-hetero) is 1. The number of ether oxygens (including phenoxy) is 3. The van der Waals surface area contributed by atoms with Crippen molar-refractivity contribution < 1.29 is 24.1 Å². The lowest BCUT2D eigenvalue weighted by atomic mass is 10.1. The third-order valence-electron chi connectivity index (χ3n) is 2.57. The summed E-state index contributed by atoms with van der Waals surface area (Å²) in [7, 11) is 4.52. The van der Waals surface area contributed by atoms with Crippen LogP contribution in [0, 0.1) is 6.92 Å². The van der Waals surface area contributed by atoms with Crippen molar-refractivity contribution in [2.75, 3.05) is 21.3 Å². The van der Waals surface area contributed by atoms with Crippen LogP contribution in [0.15, 0.2) is 6.07 Å². The van der Waals surface area contributed by atoms with Gasteiger partial charge in [0.25, 0.3) is 0 Å². The van der Waals surface area contributed by atoms with Crippen molar-refractivity contribution in [1.82, 2.24) is 0 Å². The Morgan fingerprint density at radius 1 is 1.16 bits per heavy atom. The fourth-order valence-electron chi connectivity index (χ4n) is 1.26. The van der Waals surface area contributed by atoms with Gasteiger partial charge in [-0.25, -0.2) is 0 Å². The van der Waals surface area contributed by atoms with Gasteiger partial charge in [-0.1, -0.05) is 6.92 Å². The molecule has 1 N–H and O–H groups in total. The molecule has 0 amide bonds. The van der Waals surface area contributed by atoms with E-state index in [0.29, 0.717) is 29.2 Å². The van der Waals surface area contributed by atoms with Gasteiger partial charge in [0.1, 0.15) is 11.5 Å². The van der Waals surface area contributed by atoms with Gasteiger partial charge in [-0.3, -0.25) is 0 Å². The van der Waals surface area contributed by atoms with E-state index < -0.39 is 0 Å². The Hall–Kier alpha value is -1.91. The molecule has 0 spiro atoms. The van der Waals surface area contributed by atoms with E-state index in [1.54, 1.807) is 19.9 Å². The topological polar surface area (TPSA) is 65.0 Å². The van der Waals surface area contributed by atoms with E-state index in [1.165, 1.54) is 21.3 Å². The number of carbonyl (C=O) groups excluding carboxylic acids is 1. The van der Waals surface area contributed by atoms with E-state index >= 15 is 0 Å². The summed E-state index contributed by atoms with van der Waals surface area (Å²) in [4.78, 5) is 9.81. The van der Waals surface area contributed by atoms with E-state index in [1.807, 2.05) is 6.92 Å². The Bertz CT molecular complexity index is 426. The molecule has 0 saturated carbocycles. The van der Waals surface area contributed by atoms with Crippen LogP contribution in [-0.2, 0) is 4.79 Å². The number of carbonyl (C=O) groups is 1. The smallest absolute Gasteiger partial charge is 0.203 e. The summed E-state index contributed by atoms with van der Waals surface area (Å²) >= 11 is 0. The zero-order valence-electron chi connectivity index (χ0n) is 12.4. The molecule has 0 aliphatic carbocycles. The minimum Gasteiger partial charge on any atom is -0.504 e. The van der Waals surface area contributed by atoms with Crippen LogP contribution in [0.25, 0.3) is 0 Å². The van der Waals surface area contributed by atoms with Crippen molar-refractivity contribution in [2.24, 2.45) is 0 Å². The van der Waals surface area contributed by atoms with Crippen molar-refractivity contribution in [1.29, 1.82) is 0 Å². The van der Waals surface area contributed by atoms with E-state index in [2.05, 4.69) is 0 Å². The van der Waals surface area contributed by atoms with Crippen molar-refractivity contribution in [3.8, 4) is 23.0 Å². The second-order valence-electron chi connectivity index (χ2n) is 3.84. The molecule has 19 heavy (non-hydrogen) atoms. The number of methoxy groups -OCH3 is 3. The van der Waals surface area contributed by atoms with Crippen molar-refractivity contribution in [3.05, 3.63) is 11.6 Å². The van der Waals surface area contributed by atoms with Crippen LogP contribution in [0.2, 0.25) is 0 Å². The van der Waals surface area contributed by atoms with Gasteiger partial charge in [-0.15, -0.1) is 0 Å². The molecule has 0 aliphatic heterocycles. The average molecular weight is 270 g/mol. The molecule has 0 heterocycles. The Labute approximate surface area is 114 Å². The third kappa shape index (κ3) is 4.69. The van der Waals surface area contributed by atoms with Crippen LogP contribution < -0.4 is 14.2 Å². The number of ketones is 1. The molecular formula is C14H22O5. The number of hydrogen-bond acceptors (Lipinski definition) is 5. The minimum absolute atomic E-state index is 0.0451. The summed E-state index contributed by atoms with van der Waals surface area (Å²) in [5, 5.41) is 9.74. The van der Waals surface area contributed by atoms with Gasteiger partial charge < -0.3 is 24.1 Å². The lowest BCUT2D eigenvalue weighted by Crippen LogP contribution is -1.95. The van der Waals surface area contributed by atoms with Gasteiger partial charge in [0.15, 0.2) is 11.5 Å². The molecule has 0 atom stereocenters. The molecule has 108 valence electrons. The Morgan fingerprint density at radius 2 is 1.63 bits per heavy atom. The second kappa shape index (κ2) is 8.24. The van der Waals surface area contributed by atoms with E-state index in [9.17, 15) is 9.90 Å². The van der Waals surface area contributed by atoms with E-state index in [4.69, 9.17) is 14.2 Å². The third-order valence-corrected chi connectivity index (χ3v) is 2.57. The minimum atomic E-state index is 0.0451. The SMILES string of the molecule is CCC(C)=O.COc1cc(OC)c(OC)c(O)c1C. The summed E-state index contributed by atoms with van der Waals surface area (Å²) in [5.74, 6) is 1.65. The first-order valence-corrected chi connectivity index (χ1v) is 5.90. The number of phenols is 1. The average Bonchev–Trinajstić information content (AvgIpc) is 2.42. The molecule has 0 aliphatic rings. The van der Waals surface area contributed by atoms with Gasteiger partial charge in [0, 0.05) is 18.1 Å². The summed E-state index contributed by atoms with van der Waals surface area (Å²) in [6.45, 7) is 5.18.